The Balaban J connectivity index is 1.39. The fourth-order valence-corrected chi connectivity index (χ4v) is 5.29. The molecule has 1 unspecified atom stereocenters. The smallest absolute Gasteiger partial charge is 0.260 e. The monoisotopic (exact) mass is 469 g/mol. The molecule has 8 heteroatoms. The number of aromatic amines is 1. The van der Waals surface area contributed by atoms with Gasteiger partial charge in [-0.1, -0.05) is 60.1 Å². The zero-order valence-corrected chi connectivity index (χ0v) is 19.1. The Bertz CT molecular complexity index is 1270. The van der Waals surface area contributed by atoms with Gasteiger partial charge in [0.25, 0.3) is 5.56 Å². The molecule has 4 rings (SSSR count). The first kappa shape index (κ1) is 21.6. The lowest BCUT2D eigenvalue weighted by Gasteiger charge is -2.15. The average molecular weight is 470 g/mol. The third-order valence-corrected chi connectivity index (χ3v) is 6.96. The van der Waals surface area contributed by atoms with E-state index in [-0.39, 0.29) is 23.3 Å². The Morgan fingerprint density at radius 1 is 1.19 bits per heavy atom. The van der Waals surface area contributed by atoms with Gasteiger partial charge in [-0.15, -0.1) is 23.1 Å². The number of amides is 1. The highest BCUT2D eigenvalue weighted by atomic mass is 35.5. The number of carbonyl (C=O) groups is 1. The van der Waals surface area contributed by atoms with Gasteiger partial charge in [-0.25, -0.2) is 4.98 Å². The van der Waals surface area contributed by atoms with Gasteiger partial charge in [-0.3, -0.25) is 9.59 Å². The number of thioether (sulfide) groups is 1. The lowest BCUT2D eigenvalue weighted by Crippen LogP contribution is -2.28. The summed E-state index contributed by atoms with van der Waals surface area (Å²) in [6.45, 7) is 1.90. The van der Waals surface area contributed by atoms with Gasteiger partial charge in [0.1, 0.15) is 10.7 Å². The molecule has 158 valence electrons. The van der Waals surface area contributed by atoms with Crippen molar-refractivity contribution in [2.75, 3.05) is 5.75 Å². The molecule has 2 aromatic carbocycles. The quantitative estimate of drug-likeness (QED) is 0.379. The molecule has 0 radical (unpaired) electrons. The van der Waals surface area contributed by atoms with Crippen molar-refractivity contribution in [1.82, 2.24) is 15.3 Å². The molecule has 1 amide bonds. The van der Waals surface area contributed by atoms with E-state index in [0.29, 0.717) is 26.8 Å². The summed E-state index contributed by atoms with van der Waals surface area (Å²) in [6, 6.07) is 17.1. The van der Waals surface area contributed by atoms with E-state index in [1.807, 2.05) is 60.8 Å². The third-order valence-electron chi connectivity index (χ3n) is 4.80. The molecule has 2 heterocycles. The Hall–Kier alpha value is -2.61. The summed E-state index contributed by atoms with van der Waals surface area (Å²) in [4.78, 5) is 33.2. The minimum absolute atomic E-state index is 0.0941. The van der Waals surface area contributed by atoms with Crippen molar-refractivity contribution in [3.05, 3.63) is 86.7 Å². The van der Waals surface area contributed by atoms with Crippen molar-refractivity contribution in [1.29, 1.82) is 0 Å². The van der Waals surface area contributed by atoms with Crippen LogP contribution < -0.4 is 10.9 Å². The second kappa shape index (κ2) is 9.68. The Labute approximate surface area is 192 Å². The van der Waals surface area contributed by atoms with Crippen molar-refractivity contribution >= 4 is 50.8 Å². The summed E-state index contributed by atoms with van der Waals surface area (Å²) in [5.41, 5.74) is 2.61. The highest BCUT2D eigenvalue weighted by molar-refractivity contribution is 7.99. The molecule has 4 aromatic rings. The molecule has 31 heavy (non-hydrogen) atoms. The molecule has 0 aliphatic rings. The van der Waals surface area contributed by atoms with Crippen LogP contribution in [0, 0.1) is 0 Å². The van der Waals surface area contributed by atoms with Crippen LogP contribution >= 0.6 is 34.7 Å². The summed E-state index contributed by atoms with van der Waals surface area (Å²) in [7, 11) is 0. The number of carbonyl (C=O) groups excluding carboxylic acids is 1. The predicted molar refractivity (Wildman–Crippen MR) is 130 cm³/mol. The Morgan fingerprint density at radius 3 is 2.71 bits per heavy atom. The fourth-order valence-electron chi connectivity index (χ4n) is 3.32. The summed E-state index contributed by atoms with van der Waals surface area (Å²) in [6.07, 6.45) is 0. The molecule has 0 aliphatic carbocycles. The summed E-state index contributed by atoms with van der Waals surface area (Å²) < 4.78 is 0. The lowest BCUT2D eigenvalue weighted by molar-refractivity contribution is -0.119. The van der Waals surface area contributed by atoms with Crippen molar-refractivity contribution in [2.45, 2.75) is 18.7 Å². The number of halogens is 1. The summed E-state index contributed by atoms with van der Waals surface area (Å²) >= 11 is 9.05. The highest BCUT2D eigenvalue weighted by Gasteiger charge is 2.14. The number of nitrogens with one attached hydrogen (secondary N) is 2. The molecule has 0 bridgehead atoms. The molecule has 0 saturated carbocycles. The molecule has 0 spiro atoms. The molecular weight excluding hydrogens is 450 g/mol. The molecule has 0 fully saturated rings. The van der Waals surface area contributed by atoms with E-state index in [2.05, 4.69) is 15.3 Å². The maximum Gasteiger partial charge on any atom is 0.260 e. The van der Waals surface area contributed by atoms with E-state index in [0.717, 1.165) is 16.7 Å². The highest BCUT2D eigenvalue weighted by Crippen LogP contribution is 2.30. The van der Waals surface area contributed by atoms with Gasteiger partial charge >= 0.3 is 0 Å². The lowest BCUT2D eigenvalue weighted by atomic mass is 10.1. The normalized spacial score (nSPS) is 12.1. The maximum absolute atomic E-state index is 12.7. The number of rotatable bonds is 7. The first-order valence-corrected chi connectivity index (χ1v) is 12.1. The van der Waals surface area contributed by atoms with Crippen LogP contribution in [0.3, 0.4) is 0 Å². The van der Waals surface area contributed by atoms with E-state index in [4.69, 9.17) is 11.6 Å². The zero-order chi connectivity index (χ0) is 21.8. The van der Waals surface area contributed by atoms with E-state index in [9.17, 15) is 9.59 Å². The summed E-state index contributed by atoms with van der Waals surface area (Å²) in [5.74, 6) is 1.17. The standard InChI is InChI=1S/C23H20ClN3O2S2/c1-14(16-9-5-6-10-18(16)24)25-20(28)13-30-12-19-26-22(29)21-17(11-31-23(21)27-19)15-7-3-2-4-8-15/h2-11,14H,12-13H2,1H3,(H,25,28)(H,26,27,29). The second-order valence-electron chi connectivity index (χ2n) is 7.01. The van der Waals surface area contributed by atoms with Crippen LogP contribution in [-0.4, -0.2) is 21.6 Å². The van der Waals surface area contributed by atoms with Gasteiger partial charge in [0, 0.05) is 16.0 Å². The number of H-pyrrole nitrogens is 1. The average Bonchev–Trinajstić information content (AvgIpc) is 3.19. The van der Waals surface area contributed by atoms with Crippen LogP contribution in [0.4, 0.5) is 0 Å². The minimum Gasteiger partial charge on any atom is -0.349 e. The number of benzene rings is 2. The summed E-state index contributed by atoms with van der Waals surface area (Å²) in [5, 5.41) is 6.15. The first-order valence-electron chi connectivity index (χ1n) is 9.70. The number of aromatic nitrogens is 2. The van der Waals surface area contributed by atoms with E-state index < -0.39 is 0 Å². The van der Waals surface area contributed by atoms with Crippen molar-refractivity contribution in [3.63, 3.8) is 0 Å². The van der Waals surface area contributed by atoms with E-state index in [1.165, 1.54) is 23.1 Å². The molecule has 0 saturated heterocycles. The topological polar surface area (TPSA) is 74.8 Å². The van der Waals surface area contributed by atoms with Crippen LogP contribution in [0.25, 0.3) is 21.3 Å². The largest absolute Gasteiger partial charge is 0.349 e. The van der Waals surface area contributed by atoms with E-state index >= 15 is 0 Å². The van der Waals surface area contributed by atoms with Gasteiger partial charge in [0.2, 0.25) is 5.91 Å². The van der Waals surface area contributed by atoms with Crippen molar-refractivity contribution in [3.8, 4) is 11.1 Å². The van der Waals surface area contributed by atoms with Crippen LogP contribution in [0.15, 0.2) is 64.8 Å². The number of hydrogen-bond donors (Lipinski definition) is 2. The predicted octanol–water partition coefficient (Wildman–Crippen LogP) is 5.42. The molecule has 1 atom stereocenters. The number of thiophene rings is 1. The minimum atomic E-state index is -0.182. The van der Waals surface area contributed by atoms with Crippen LogP contribution in [0.2, 0.25) is 5.02 Å². The van der Waals surface area contributed by atoms with Gasteiger partial charge in [0.15, 0.2) is 0 Å². The number of fused-ring (bicyclic) bond motifs is 1. The van der Waals surface area contributed by atoms with Gasteiger partial charge in [-0.2, -0.15) is 0 Å². The van der Waals surface area contributed by atoms with Crippen LogP contribution in [0.5, 0.6) is 0 Å². The third kappa shape index (κ3) is 5.01. The van der Waals surface area contributed by atoms with Crippen molar-refractivity contribution in [2.24, 2.45) is 0 Å². The molecule has 2 aromatic heterocycles. The van der Waals surface area contributed by atoms with Gasteiger partial charge in [0.05, 0.1) is 22.9 Å². The van der Waals surface area contributed by atoms with Gasteiger partial charge < -0.3 is 10.3 Å². The molecule has 0 aliphatic heterocycles. The molecule has 2 N–H and O–H groups in total. The molecular formula is C23H20ClN3O2S2. The van der Waals surface area contributed by atoms with Crippen LogP contribution in [0.1, 0.15) is 24.4 Å². The first-order chi connectivity index (χ1) is 15.0. The second-order valence-corrected chi connectivity index (χ2v) is 9.26. The van der Waals surface area contributed by atoms with E-state index in [1.54, 1.807) is 6.07 Å². The SMILES string of the molecule is CC(NC(=O)CSCc1nc2scc(-c3ccccc3)c2c(=O)[nH]1)c1ccccc1Cl. The fraction of sp³-hybridized carbons (Fsp3) is 0.174. The Kier molecular flexibility index (Phi) is 6.75. The van der Waals surface area contributed by atoms with Crippen molar-refractivity contribution < 1.29 is 4.79 Å². The zero-order valence-electron chi connectivity index (χ0n) is 16.7. The van der Waals surface area contributed by atoms with Gasteiger partial charge in [-0.05, 0) is 24.1 Å². The molecule has 5 nitrogen and oxygen atoms in total. The Morgan fingerprint density at radius 2 is 1.94 bits per heavy atom. The maximum atomic E-state index is 12.7. The van der Waals surface area contributed by atoms with Crippen LogP contribution in [-0.2, 0) is 10.5 Å². The number of nitrogens with zero attached hydrogens (tertiary/aromatic N) is 1. The number of hydrogen-bond acceptors (Lipinski definition) is 5.